The summed E-state index contributed by atoms with van der Waals surface area (Å²) in [6, 6.07) is 5.59. The van der Waals surface area contributed by atoms with Gasteiger partial charge < -0.3 is 15.2 Å². The average molecular weight is 387 g/mol. The van der Waals surface area contributed by atoms with E-state index in [1.54, 1.807) is 13.1 Å². The van der Waals surface area contributed by atoms with Crippen LogP contribution in [0.2, 0.25) is 0 Å². The molecule has 2 rings (SSSR count). The molecule has 5 nitrogen and oxygen atoms in total. The van der Waals surface area contributed by atoms with E-state index in [4.69, 9.17) is 5.73 Å². The Hall–Kier alpha value is -1.56. The first kappa shape index (κ1) is 23.4. The standard InChI is InChI=1S/C18H26N4O.2ClH/c1-14-7-6-8-15(2)17(14)22(18(23)16(3)19)11-5-4-10-21-12-9-20-13-21;;/h6-9,12-13,16H,4-5,10-11,19H2,1-3H3;2*1H. The fourth-order valence-electron chi connectivity index (χ4n) is 2.79. The number of nitrogens with two attached hydrogens (primary N) is 1. The molecule has 0 saturated carbocycles. The van der Waals surface area contributed by atoms with Gasteiger partial charge in [-0.05, 0) is 44.7 Å². The Kier molecular flexibility index (Phi) is 10.4. The maximum absolute atomic E-state index is 12.6. The SMILES string of the molecule is Cc1cccc(C)c1N(CCCCn1ccnc1)C(=O)C(C)N.Cl.Cl. The van der Waals surface area contributed by atoms with E-state index >= 15 is 0 Å². The summed E-state index contributed by atoms with van der Waals surface area (Å²) >= 11 is 0. The van der Waals surface area contributed by atoms with E-state index in [2.05, 4.69) is 9.55 Å². The van der Waals surface area contributed by atoms with Crippen LogP contribution in [0.1, 0.15) is 30.9 Å². The normalized spacial score (nSPS) is 11.2. The molecule has 2 N–H and O–H groups in total. The van der Waals surface area contributed by atoms with Crippen molar-refractivity contribution < 1.29 is 4.79 Å². The summed E-state index contributed by atoms with van der Waals surface area (Å²) in [5.74, 6) is -0.0231. The highest BCUT2D eigenvalue weighted by molar-refractivity contribution is 5.98. The van der Waals surface area contributed by atoms with Crippen molar-refractivity contribution in [1.29, 1.82) is 0 Å². The van der Waals surface area contributed by atoms with Gasteiger partial charge in [0, 0.05) is 31.2 Å². The van der Waals surface area contributed by atoms with Crippen LogP contribution in [-0.2, 0) is 11.3 Å². The Bertz CT molecular complexity index is 624. The zero-order chi connectivity index (χ0) is 16.8. The third kappa shape index (κ3) is 6.34. The summed E-state index contributed by atoms with van der Waals surface area (Å²) in [6.45, 7) is 7.41. The Morgan fingerprint density at radius 1 is 1.24 bits per heavy atom. The summed E-state index contributed by atoms with van der Waals surface area (Å²) < 4.78 is 2.05. The Morgan fingerprint density at radius 3 is 2.40 bits per heavy atom. The Morgan fingerprint density at radius 2 is 1.88 bits per heavy atom. The molecule has 0 spiro atoms. The van der Waals surface area contributed by atoms with E-state index in [-0.39, 0.29) is 30.7 Å². The number of rotatable bonds is 7. The molecule has 0 radical (unpaired) electrons. The second kappa shape index (κ2) is 11.1. The number of imidazole rings is 1. The maximum Gasteiger partial charge on any atom is 0.243 e. The number of halogens is 2. The van der Waals surface area contributed by atoms with E-state index in [0.717, 1.165) is 36.2 Å². The lowest BCUT2D eigenvalue weighted by Gasteiger charge is -2.28. The highest BCUT2D eigenvalue weighted by atomic mass is 35.5. The molecule has 0 aliphatic heterocycles. The van der Waals surface area contributed by atoms with Gasteiger partial charge in [0.25, 0.3) is 0 Å². The highest BCUT2D eigenvalue weighted by Gasteiger charge is 2.21. The van der Waals surface area contributed by atoms with Crippen molar-refractivity contribution in [2.24, 2.45) is 5.73 Å². The lowest BCUT2D eigenvalue weighted by Crippen LogP contribution is -2.43. The van der Waals surface area contributed by atoms with Gasteiger partial charge >= 0.3 is 0 Å². The number of amides is 1. The predicted molar refractivity (Wildman–Crippen MR) is 108 cm³/mol. The first-order valence-electron chi connectivity index (χ1n) is 8.09. The first-order chi connectivity index (χ1) is 11.0. The number of anilines is 1. The second-order valence-electron chi connectivity index (χ2n) is 6.03. The van der Waals surface area contributed by atoms with Crippen LogP contribution >= 0.6 is 24.8 Å². The molecule has 7 heteroatoms. The number of hydrogen-bond acceptors (Lipinski definition) is 3. The molecule has 25 heavy (non-hydrogen) atoms. The van der Waals surface area contributed by atoms with Crippen LogP contribution in [0.3, 0.4) is 0 Å². The quantitative estimate of drug-likeness (QED) is 0.740. The topological polar surface area (TPSA) is 64.2 Å². The Balaban J connectivity index is 0.00000288. The molecule has 140 valence electrons. The number of unbranched alkanes of at least 4 members (excludes halogenated alkanes) is 1. The van der Waals surface area contributed by atoms with Gasteiger partial charge in [0.1, 0.15) is 0 Å². The largest absolute Gasteiger partial charge is 0.337 e. The molecule has 0 aliphatic rings. The number of benzene rings is 1. The van der Waals surface area contributed by atoms with Crippen LogP contribution in [0.4, 0.5) is 5.69 Å². The van der Waals surface area contributed by atoms with Crippen molar-refractivity contribution in [1.82, 2.24) is 9.55 Å². The van der Waals surface area contributed by atoms with Gasteiger partial charge in [-0.25, -0.2) is 4.98 Å². The molecule has 0 saturated heterocycles. The van der Waals surface area contributed by atoms with E-state index in [9.17, 15) is 4.79 Å². The molecule has 2 aromatic rings. The third-order valence-electron chi connectivity index (χ3n) is 3.97. The molecular formula is C18H28Cl2N4O. The number of para-hydroxylation sites is 1. The zero-order valence-corrected chi connectivity index (χ0v) is 16.6. The molecule has 0 fully saturated rings. The van der Waals surface area contributed by atoms with Gasteiger partial charge in [0.15, 0.2) is 0 Å². The van der Waals surface area contributed by atoms with Gasteiger partial charge in [-0.15, -0.1) is 24.8 Å². The summed E-state index contributed by atoms with van der Waals surface area (Å²) in [5, 5.41) is 0. The molecule has 1 amide bonds. The molecule has 1 aromatic carbocycles. The molecular weight excluding hydrogens is 359 g/mol. The van der Waals surface area contributed by atoms with E-state index in [0.29, 0.717) is 6.54 Å². The molecule has 1 atom stereocenters. The van der Waals surface area contributed by atoms with E-state index in [1.807, 2.05) is 49.5 Å². The molecule has 1 aromatic heterocycles. The lowest BCUT2D eigenvalue weighted by atomic mass is 10.1. The smallest absolute Gasteiger partial charge is 0.243 e. The van der Waals surface area contributed by atoms with Gasteiger partial charge in [-0.3, -0.25) is 4.79 Å². The number of hydrogen-bond donors (Lipinski definition) is 1. The van der Waals surface area contributed by atoms with Crippen LogP contribution < -0.4 is 10.6 Å². The number of carbonyl (C=O) groups excluding carboxylic acids is 1. The number of carbonyl (C=O) groups is 1. The van der Waals surface area contributed by atoms with Crippen molar-refractivity contribution in [3.05, 3.63) is 48.0 Å². The summed E-state index contributed by atoms with van der Waals surface area (Å²) in [4.78, 5) is 18.4. The van der Waals surface area contributed by atoms with Gasteiger partial charge in [-0.2, -0.15) is 0 Å². The van der Waals surface area contributed by atoms with E-state index < -0.39 is 6.04 Å². The van der Waals surface area contributed by atoms with E-state index in [1.165, 1.54) is 0 Å². The van der Waals surface area contributed by atoms with Crippen LogP contribution in [0.25, 0.3) is 0 Å². The Labute approximate surface area is 162 Å². The maximum atomic E-state index is 12.6. The number of nitrogens with zero attached hydrogens (tertiary/aromatic N) is 3. The molecule has 1 unspecified atom stereocenters. The summed E-state index contributed by atoms with van der Waals surface area (Å²) in [7, 11) is 0. The fourth-order valence-corrected chi connectivity index (χ4v) is 2.79. The minimum Gasteiger partial charge on any atom is -0.337 e. The van der Waals surface area contributed by atoms with Crippen LogP contribution in [0, 0.1) is 13.8 Å². The fraction of sp³-hybridized carbons (Fsp3) is 0.444. The summed E-state index contributed by atoms with van der Waals surface area (Å²) in [6.07, 6.45) is 7.46. The minimum atomic E-state index is -0.498. The minimum absolute atomic E-state index is 0. The van der Waals surface area contributed by atoms with Gasteiger partial charge in [0.2, 0.25) is 5.91 Å². The first-order valence-corrected chi connectivity index (χ1v) is 8.09. The monoisotopic (exact) mass is 386 g/mol. The third-order valence-corrected chi connectivity index (χ3v) is 3.97. The van der Waals surface area contributed by atoms with Crippen molar-refractivity contribution in [3.8, 4) is 0 Å². The van der Waals surface area contributed by atoms with Crippen LogP contribution in [0.5, 0.6) is 0 Å². The van der Waals surface area contributed by atoms with Crippen molar-refractivity contribution >= 4 is 36.4 Å². The van der Waals surface area contributed by atoms with Crippen LogP contribution in [0.15, 0.2) is 36.9 Å². The second-order valence-corrected chi connectivity index (χ2v) is 6.03. The molecule has 0 aliphatic carbocycles. The summed E-state index contributed by atoms with van der Waals surface area (Å²) in [5.41, 5.74) is 9.06. The predicted octanol–water partition coefficient (Wildman–Crippen LogP) is 3.50. The van der Waals surface area contributed by atoms with Crippen molar-refractivity contribution in [2.45, 2.75) is 46.2 Å². The number of aryl methyl sites for hydroxylation is 3. The molecule has 0 bridgehead atoms. The average Bonchev–Trinajstić information content (AvgIpc) is 3.01. The van der Waals surface area contributed by atoms with Gasteiger partial charge in [-0.1, -0.05) is 18.2 Å². The van der Waals surface area contributed by atoms with Crippen LogP contribution in [-0.4, -0.2) is 28.0 Å². The van der Waals surface area contributed by atoms with Crippen molar-refractivity contribution in [3.63, 3.8) is 0 Å². The molecule has 1 heterocycles. The number of aromatic nitrogens is 2. The van der Waals surface area contributed by atoms with Gasteiger partial charge in [0.05, 0.1) is 12.4 Å². The zero-order valence-electron chi connectivity index (χ0n) is 15.0. The highest BCUT2D eigenvalue weighted by Crippen LogP contribution is 2.25. The lowest BCUT2D eigenvalue weighted by molar-refractivity contribution is -0.119. The van der Waals surface area contributed by atoms with Crippen molar-refractivity contribution in [2.75, 3.05) is 11.4 Å².